The van der Waals surface area contributed by atoms with Gasteiger partial charge >= 0.3 is 0 Å². The Kier molecular flexibility index (Phi) is 6.64. The van der Waals surface area contributed by atoms with Gasteiger partial charge < -0.3 is 29.9 Å². The molecular formula is C21H25FO6. The van der Waals surface area contributed by atoms with Crippen molar-refractivity contribution >= 4 is 0 Å². The lowest BCUT2D eigenvalue weighted by Gasteiger charge is -2.40. The van der Waals surface area contributed by atoms with Gasteiger partial charge in [-0.05, 0) is 41.8 Å². The first-order valence-corrected chi connectivity index (χ1v) is 9.29. The molecule has 7 heteroatoms. The van der Waals surface area contributed by atoms with E-state index in [0.29, 0.717) is 29.0 Å². The minimum absolute atomic E-state index is 0.333. The first kappa shape index (κ1) is 20.7. The minimum Gasteiger partial charge on any atom is -0.494 e. The molecule has 0 amide bonds. The van der Waals surface area contributed by atoms with E-state index in [-0.39, 0.29) is 0 Å². The van der Waals surface area contributed by atoms with Crippen LogP contribution in [0.15, 0.2) is 42.5 Å². The quantitative estimate of drug-likeness (QED) is 0.598. The summed E-state index contributed by atoms with van der Waals surface area (Å²) in [7, 11) is 0. The number of halogens is 1. The highest BCUT2D eigenvalue weighted by Crippen LogP contribution is 2.35. The Hall–Kier alpha value is -2.03. The van der Waals surface area contributed by atoms with Gasteiger partial charge in [0.25, 0.3) is 0 Å². The van der Waals surface area contributed by atoms with E-state index in [1.165, 1.54) is 6.07 Å². The molecule has 152 valence electrons. The molecule has 0 aromatic heterocycles. The average Bonchev–Trinajstić information content (AvgIpc) is 2.72. The Morgan fingerprint density at radius 2 is 1.82 bits per heavy atom. The van der Waals surface area contributed by atoms with E-state index < -0.39 is 42.9 Å². The first-order valence-electron chi connectivity index (χ1n) is 9.29. The summed E-state index contributed by atoms with van der Waals surface area (Å²) in [4.78, 5) is 0. The molecule has 0 aliphatic carbocycles. The maximum Gasteiger partial charge on any atom is 0.131 e. The molecule has 2 aromatic carbocycles. The number of rotatable bonds is 6. The van der Waals surface area contributed by atoms with Crippen LogP contribution in [0.2, 0.25) is 0 Å². The molecule has 0 saturated carbocycles. The van der Waals surface area contributed by atoms with Gasteiger partial charge in [0.05, 0.1) is 13.2 Å². The predicted molar refractivity (Wildman–Crippen MR) is 100 cm³/mol. The highest BCUT2D eigenvalue weighted by molar-refractivity contribution is 5.66. The maximum atomic E-state index is 14.4. The van der Waals surface area contributed by atoms with Crippen LogP contribution in [-0.4, -0.2) is 58.1 Å². The maximum absolute atomic E-state index is 14.4. The van der Waals surface area contributed by atoms with Crippen LogP contribution in [0.5, 0.6) is 5.75 Å². The third kappa shape index (κ3) is 4.19. The topological polar surface area (TPSA) is 99.4 Å². The van der Waals surface area contributed by atoms with Crippen molar-refractivity contribution in [2.45, 2.75) is 43.9 Å². The van der Waals surface area contributed by atoms with Gasteiger partial charge in [0.2, 0.25) is 0 Å². The molecule has 5 unspecified atom stereocenters. The molecule has 6 nitrogen and oxygen atoms in total. The molecule has 1 fully saturated rings. The zero-order chi connectivity index (χ0) is 20.3. The number of hydrogen-bond acceptors (Lipinski definition) is 6. The van der Waals surface area contributed by atoms with Crippen LogP contribution in [0.4, 0.5) is 4.39 Å². The Morgan fingerprint density at radius 1 is 1.04 bits per heavy atom. The number of ether oxygens (including phenoxy) is 2. The zero-order valence-corrected chi connectivity index (χ0v) is 15.5. The van der Waals surface area contributed by atoms with Gasteiger partial charge in [-0.15, -0.1) is 0 Å². The number of benzene rings is 2. The Morgan fingerprint density at radius 3 is 2.54 bits per heavy atom. The lowest BCUT2D eigenvalue weighted by molar-refractivity contribution is -0.231. The summed E-state index contributed by atoms with van der Waals surface area (Å²) in [6, 6.07) is 11.2. The summed E-state index contributed by atoms with van der Waals surface area (Å²) in [5, 5.41) is 39.6. The largest absolute Gasteiger partial charge is 0.494 e. The lowest BCUT2D eigenvalue weighted by atomic mass is 9.90. The third-order valence-electron chi connectivity index (χ3n) is 4.83. The number of aliphatic hydroxyl groups excluding tert-OH is 4. The summed E-state index contributed by atoms with van der Waals surface area (Å²) in [5.41, 5.74) is 1.38. The van der Waals surface area contributed by atoms with Crippen LogP contribution in [0.25, 0.3) is 11.1 Å². The van der Waals surface area contributed by atoms with E-state index in [0.717, 1.165) is 6.42 Å². The zero-order valence-electron chi connectivity index (χ0n) is 15.5. The number of hydrogen-bond donors (Lipinski definition) is 4. The predicted octanol–water partition coefficient (Wildman–Crippen LogP) is 1.80. The van der Waals surface area contributed by atoms with Crippen LogP contribution in [0.1, 0.15) is 25.0 Å². The van der Waals surface area contributed by atoms with E-state index in [9.17, 15) is 24.8 Å². The third-order valence-corrected chi connectivity index (χ3v) is 4.83. The average molecular weight is 392 g/mol. The Balaban J connectivity index is 1.92. The van der Waals surface area contributed by atoms with Crippen LogP contribution in [0.3, 0.4) is 0 Å². The van der Waals surface area contributed by atoms with Crippen molar-refractivity contribution in [3.05, 3.63) is 53.8 Å². The molecule has 1 aliphatic rings. The van der Waals surface area contributed by atoms with Crippen molar-refractivity contribution < 1.29 is 34.3 Å². The van der Waals surface area contributed by atoms with E-state index in [4.69, 9.17) is 9.47 Å². The molecule has 0 radical (unpaired) electrons. The highest BCUT2D eigenvalue weighted by Gasteiger charge is 2.43. The van der Waals surface area contributed by atoms with E-state index in [1.807, 2.05) is 6.92 Å². The smallest absolute Gasteiger partial charge is 0.131 e. The molecule has 1 heterocycles. The molecule has 5 atom stereocenters. The minimum atomic E-state index is -1.47. The van der Waals surface area contributed by atoms with E-state index in [1.54, 1.807) is 36.4 Å². The number of aliphatic hydroxyl groups is 4. The summed E-state index contributed by atoms with van der Waals surface area (Å²) in [6.07, 6.45) is -5.43. The SMILES string of the molecule is CCCOc1ccc(F)c(-c2cccc(C3OC(CO)C(O)C(O)C3O)c2)c1. The normalized spacial score (nSPS) is 27.6. The van der Waals surface area contributed by atoms with Crippen LogP contribution in [-0.2, 0) is 4.74 Å². The van der Waals surface area contributed by atoms with Crippen molar-refractivity contribution in [3.8, 4) is 16.9 Å². The second-order valence-corrected chi connectivity index (χ2v) is 6.87. The van der Waals surface area contributed by atoms with Crippen molar-refractivity contribution in [3.63, 3.8) is 0 Å². The Labute approximate surface area is 162 Å². The molecule has 3 rings (SSSR count). The molecule has 1 saturated heterocycles. The van der Waals surface area contributed by atoms with Gasteiger partial charge in [-0.3, -0.25) is 0 Å². The van der Waals surface area contributed by atoms with Gasteiger partial charge in [0.15, 0.2) is 0 Å². The lowest BCUT2D eigenvalue weighted by Crippen LogP contribution is -2.55. The molecule has 2 aromatic rings. The van der Waals surface area contributed by atoms with Crippen LogP contribution in [0, 0.1) is 5.82 Å². The van der Waals surface area contributed by atoms with Gasteiger partial charge in [-0.1, -0.05) is 25.1 Å². The van der Waals surface area contributed by atoms with Gasteiger partial charge in [-0.25, -0.2) is 4.39 Å². The van der Waals surface area contributed by atoms with Gasteiger partial charge in [0, 0.05) is 5.56 Å². The fourth-order valence-electron chi connectivity index (χ4n) is 3.30. The second-order valence-electron chi connectivity index (χ2n) is 6.87. The monoisotopic (exact) mass is 392 g/mol. The van der Waals surface area contributed by atoms with Crippen LogP contribution < -0.4 is 4.74 Å². The highest BCUT2D eigenvalue weighted by atomic mass is 19.1. The second kappa shape index (κ2) is 8.98. The van der Waals surface area contributed by atoms with Crippen molar-refractivity contribution in [1.29, 1.82) is 0 Å². The first-order chi connectivity index (χ1) is 13.5. The molecule has 28 heavy (non-hydrogen) atoms. The molecule has 0 spiro atoms. The molecule has 4 N–H and O–H groups in total. The van der Waals surface area contributed by atoms with Gasteiger partial charge in [-0.2, -0.15) is 0 Å². The van der Waals surface area contributed by atoms with Gasteiger partial charge in [0.1, 0.15) is 42.1 Å². The van der Waals surface area contributed by atoms with E-state index >= 15 is 0 Å². The standard InChI is InChI=1S/C21H25FO6/c1-2-8-27-14-6-7-16(22)15(10-14)12-4-3-5-13(9-12)21-20(26)19(25)18(24)17(11-23)28-21/h3-7,9-10,17-21,23-26H,2,8,11H2,1H3. The fraction of sp³-hybridized carbons (Fsp3) is 0.429. The van der Waals surface area contributed by atoms with Crippen molar-refractivity contribution in [1.82, 2.24) is 0 Å². The molecule has 1 aliphatic heterocycles. The molecule has 0 bridgehead atoms. The summed E-state index contributed by atoms with van der Waals surface area (Å²) in [6.45, 7) is 2.00. The Bertz CT molecular complexity index is 796. The summed E-state index contributed by atoms with van der Waals surface area (Å²) < 4.78 is 25.6. The van der Waals surface area contributed by atoms with Crippen molar-refractivity contribution in [2.24, 2.45) is 0 Å². The van der Waals surface area contributed by atoms with Crippen molar-refractivity contribution in [2.75, 3.05) is 13.2 Å². The van der Waals surface area contributed by atoms with E-state index in [2.05, 4.69) is 0 Å². The molecular weight excluding hydrogens is 367 g/mol. The fourth-order valence-corrected chi connectivity index (χ4v) is 3.30. The summed E-state index contributed by atoms with van der Waals surface area (Å²) in [5.74, 6) is 0.131. The summed E-state index contributed by atoms with van der Waals surface area (Å²) >= 11 is 0. The van der Waals surface area contributed by atoms with Crippen LogP contribution >= 0.6 is 0 Å².